The minimum absolute atomic E-state index is 0.969. The van der Waals surface area contributed by atoms with Crippen molar-refractivity contribution in [3.63, 3.8) is 0 Å². The minimum Gasteiger partial charge on any atom is -0.131 e. The molecule has 0 amide bonds. The van der Waals surface area contributed by atoms with Crippen molar-refractivity contribution in [3.8, 4) is 11.5 Å². The van der Waals surface area contributed by atoms with E-state index in [2.05, 4.69) is 39.2 Å². The largest absolute Gasteiger partial charge is 0.138 e. The summed E-state index contributed by atoms with van der Waals surface area (Å²) >= 11 is 0. The van der Waals surface area contributed by atoms with Gasteiger partial charge in [-0.15, -0.1) is 11.5 Å². The molecule has 0 N–H and O–H groups in total. The number of hydrogen-bond donors (Lipinski definition) is 0. The summed E-state index contributed by atoms with van der Waals surface area (Å²) in [4.78, 5) is 0. The van der Waals surface area contributed by atoms with Crippen LogP contribution in [0.4, 0.5) is 0 Å². The molecule has 1 heteroatoms. The van der Waals surface area contributed by atoms with Crippen LogP contribution in [0, 0.1) is 18.4 Å². The normalized spacial score (nSPS) is 11.2. The molecule has 21 heavy (non-hydrogen) atoms. The van der Waals surface area contributed by atoms with Gasteiger partial charge in [0, 0.05) is 6.42 Å². The summed E-state index contributed by atoms with van der Waals surface area (Å²) in [6.45, 7) is 10.9. The van der Waals surface area contributed by atoms with Crippen LogP contribution >= 0.6 is 0 Å². The van der Waals surface area contributed by atoms with Gasteiger partial charge >= 0.3 is 0 Å². The molecule has 0 aromatic heterocycles. The molecule has 0 aliphatic heterocycles. The smallest absolute Gasteiger partial charge is 0.131 e. The van der Waals surface area contributed by atoms with Crippen molar-refractivity contribution < 1.29 is 0 Å². The molecule has 0 saturated heterocycles. The Bertz CT molecular complexity index is 245. The van der Waals surface area contributed by atoms with E-state index in [9.17, 15) is 0 Å². The van der Waals surface area contributed by atoms with Crippen molar-refractivity contribution >= 4 is 8.07 Å². The van der Waals surface area contributed by atoms with Gasteiger partial charge in [-0.1, -0.05) is 85.5 Å². The van der Waals surface area contributed by atoms with Gasteiger partial charge < -0.3 is 0 Å². The van der Waals surface area contributed by atoms with Crippen LogP contribution in [0.1, 0.15) is 91.4 Å². The number of unbranched alkanes of at least 4 members (excludes halogenated alkanes) is 7. The maximum Gasteiger partial charge on any atom is 0.138 e. The zero-order chi connectivity index (χ0) is 15.8. The van der Waals surface area contributed by atoms with E-state index in [4.69, 9.17) is 0 Å². The molecule has 0 aliphatic carbocycles. The first-order valence-electron chi connectivity index (χ1n) is 9.54. The van der Waals surface area contributed by atoms with E-state index in [0.717, 1.165) is 12.8 Å². The van der Waals surface area contributed by atoms with Crippen LogP contribution in [0.15, 0.2) is 0 Å². The molecule has 123 valence electrons. The average molecular weight is 308 g/mol. The Balaban J connectivity index is 4.74. The molecule has 0 aromatic rings. The molecule has 0 saturated carbocycles. The second-order valence-electron chi connectivity index (χ2n) is 6.56. The van der Waals surface area contributed by atoms with Gasteiger partial charge in [0.05, 0.1) is 0 Å². The van der Waals surface area contributed by atoms with Crippen molar-refractivity contribution in [1.29, 1.82) is 0 Å². The van der Waals surface area contributed by atoms with Gasteiger partial charge in [0.2, 0.25) is 0 Å². The van der Waals surface area contributed by atoms with Crippen LogP contribution in [-0.4, -0.2) is 8.07 Å². The first-order valence-corrected chi connectivity index (χ1v) is 12.2. The lowest BCUT2D eigenvalue weighted by Crippen LogP contribution is -2.32. The highest BCUT2D eigenvalue weighted by Crippen LogP contribution is 2.28. The third kappa shape index (κ3) is 11.1. The number of rotatable bonds is 13. The van der Waals surface area contributed by atoms with Crippen molar-refractivity contribution in [3.05, 3.63) is 6.92 Å². The van der Waals surface area contributed by atoms with Crippen LogP contribution in [0.5, 0.6) is 0 Å². The molecule has 0 unspecified atom stereocenters. The molecule has 0 fully saturated rings. The summed E-state index contributed by atoms with van der Waals surface area (Å²) in [5, 5.41) is 0. The van der Waals surface area contributed by atoms with Crippen LogP contribution in [-0.2, 0) is 0 Å². The van der Waals surface area contributed by atoms with Crippen LogP contribution in [0.25, 0.3) is 0 Å². The van der Waals surface area contributed by atoms with E-state index in [-0.39, 0.29) is 0 Å². The lowest BCUT2D eigenvalue weighted by molar-refractivity contribution is 0.720. The molecule has 0 heterocycles. The van der Waals surface area contributed by atoms with E-state index in [1.165, 1.54) is 75.9 Å². The van der Waals surface area contributed by atoms with Gasteiger partial charge in [-0.25, -0.2) is 0 Å². The summed E-state index contributed by atoms with van der Waals surface area (Å²) in [6.07, 6.45) is 14.4. The van der Waals surface area contributed by atoms with Gasteiger partial charge in [0.15, 0.2) is 0 Å². The second-order valence-corrected chi connectivity index (χ2v) is 10.9. The highest BCUT2D eigenvalue weighted by Gasteiger charge is 2.29. The fourth-order valence-corrected chi connectivity index (χ4v) is 7.45. The first-order chi connectivity index (χ1) is 10.2. The van der Waals surface area contributed by atoms with Gasteiger partial charge in [0.1, 0.15) is 8.07 Å². The fraction of sp³-hybridized carbons (Fsp3) is 0.850. The van der Waals surface area contributed by atoms with Crippen LogP contribution in [0.3, 0.4) is 0 Å². The fourth-order valence-electron chi connectivity index (χ4n) is 3.04. The Kier molecular flexibility index (Phi) is 14.5. The van der Waals surface area contributed by atoms with Gasteiger partial charge in [0.25, 0.3) is 0 Å². The zero-order valence-corrected chi connectivity index (χ0v) is 16.1. The Morgan fingerprint density at radius 1 is 0.714 bits per heavy atom. The first kappa shape index (κ1) is 20.8. The lowest BCUT2D eigenvalue weighted by atomic mass is 10.3. The highest BCUT2D eigenvalue weighted by atomic mass is 28.3. The van der Waals surface area contributed by atoms with Crippen LogP contribution < -0.4 is 0 Å². The van der Waals surface area contributed by atoms with E-state index in [0.29, 0.717) is 0 Å². The molecule has 0 aromatic carbocycles. The average Bonchev–Trinajstić information content (AvgIpc) is 2.48. The quantitative estimate of drug-likeness (QED) is 0.192. The van der Waals surface area contributed by atoms with Gasteiger partial charge in [-0.2, -0.15) is 0 Å². The Hall–Kier alpha value is -0.223. The minimum atomic E-state index is -1.33. The summed E-state index contributed by atoms with van der Waals surface area (Å²) < 4.78 is 0. The molecule has 0 bridgehead atoms. The maximum atomic E-state index is 3.94. The Morgan fingerprint density at radius 3 is 1.48 bits per heavy atom. The SMILES string of the molecule is [CH2]CCC#C[Si](CCCCC)(CCCCC)CCCCC. The van der Waals surface area contributed by atoms with Gasteiger partial charge in [-0.05, 0) is 24.6 Å². The monoisotopic (exact) mass is 307 g/mol. The Morgan fingerprint density at radius 2 is 1.14 bits per heavy atom. The summed E-state index contributed by atoms with van der Waals surface area (Å²) in [5.74, 6) is 3.51. The molecule has 1 radical (unpaired) electrons. The predicted octanol–water partition coefficient (Wildman–Crippen LogP) is 7.16. The van der Waals surface area contributed by atoms with Crippen molar-refractivity contribution in [1.82, 2.24) is 0 Å². The summed E-state index contributed by atoms with van der Waals surface area (Å²) in [6, 6.07) is 4.37. The van der Waals surface area contributed by atoms with Crippen molar-refractivity contribution in [2.45, 2.75) is 110 Å². The van der Waals surface area contributed by atoms with E-state index < -0.39 is 8.07 Å². The third-order valence-electron chi connectivity index (χ3n) is 4.43. The summed E-state index contributed by atoms with van der Waals surface area (Å²) in [5.41, 5.74) is 3.86. The van der Waals surface area contributed by atoms with E-state index in [1.54, 1.807) is 0 Å². The van der Waals surface area contributed by atoms with E-state index >= 15 is 0 Å². The summed E-state index contributed by atoms with van der Waals surface area (Å²) in [7, 11) is -1.33. The zero-order valence-electron chi connectivity index (χ0n) is 15.1. The maximum absolute atomic E-state index is 3.94. The molecule has 0 atom stereocenters. The number of hydrogen-bond acceptors (Lipinski definition) is 0. The van der Waals surface area contributed by atoms with Crippen molar-refractivity contribution in [2.75, 3.05) is 0 Å². The highest BCUT2D eigenvalue weighted by molar-refractivity contribution is 6.87. The topological polar surface area (TPSA) is 0 Å². The predicted molar refractivity (Wildman–Crippen MR) is 101 cm³/mol. The second kappa shape index (κ2) is 14.7. The molecule has 0 rings (SSSR count). The molecular formula is C20H39Si. The molecule has 0 nitrogen and oxygen atoms in total. The third-order valence-corrected chi connectivity index (χ3v) is 9.07. The van der Waals surface area contributed by atoms with E-state index in [1.807, 2.05) is 0 Å². The standard InChI is InChI=1S/C20H39Si/c1-5-9-13-17-21(18-14-10-6-2,19-15-11-7-3)20-16-12-8-4/h1,5-12,14-16,18-20H2,2-4H3. The van der Waals surface area contributed by atoms with Crippen molar-refractivity contribution in [2.24, 2.45) is 0 Å². The van der Waals surface area contributed by atoms with Gasteiger partial charge in [-0.3, -0.25) is 0 Å². The van der Waals surface area contributed by atoms with Crippen LogP contribution in [0.2, 0.25) is 18.1 Å². The molecular weight excluding hydrogens is 268 g/mol. The Labute approximate surface area is 136 Å². The lowest BCUT2D eigenvalue weighted by Gasteiger charge is -2.26. The molecule has 0 aliphatic rings. The molecule has 0 spiro atoms.